The quantitative estimate of drug-likeness (QED) is 0.252. The van der Waals surface area contributed by atoms with Crippen molar-refractivity contribution in [2.45, 2.75) is 4.87 Å². The van der Waals surface area contributed by atoms with E-state index in [9.17, 15) is 13.6 Å². The van der Waals surface area contributed by atoms with Gasteiger partial charge in [0.1, 0.15) is 23.5 Å². The second-order valence-electron chi connectivity index (χ2n) is 5.80. The molecule has 0 bridgehead atoms. The SMILES string of the molecule is COCOCC1(c2ccccc2)SC(c2cc(F)ccc2F)=NN1C(=O)NN. The molecule has 1 aliphatic heterocycles. The fourth-order valence-electron chi connectivity index (χ4n) is 2.75. The normalized spacial score (nSPS) is 18.9. The first kappa shape index (κ1) is 20.2. The number of carbonyl (C=O) groups excluding carboxylic acids is 1. The van der Waals surface area contributed by atoms with Crippen LogP contribution in [0.3, 0.4) is 0 Å². The third kappa shape index (κ3) is 3.85. The van der Waals surface area contributed by atoms with Crippen LogP contribution in [0.5, 0.6) is 0 Å². The van der Waals surface area contributed by atoms with Crippen molar-refractivity contribution >= 4 is 22.8 Å². The van der Waals surface area contributed by atoms with Crippen LogP contribution in [0.1, 0.15) is 11.1 Å². The molecule has 0 aromatic heterocycles. The number of hydrazine groups is 1. The van der Waals surface area contributed by atoms with Crippen molar-refractivity contribution in [3.63, 3.8) is 0 Å². The van der Waals surface area contributed by atoms with E-state index in [0.29, 0.717) is 5.56 Å². The summed E-state index contributed by atoms with van der Waals surface area (Å²) in [5, 5.41) is 5.42. The Bertz CT molecular complexity index is 884. The van der Waals surface area contributed by atoms with E-state index in [-0.39, 0.29) is 24.0 Å². The summed E-state index contributed by atoms with van der Waals surface area (Å²) in [5.41, 5.74) is 2.63. The molecule has 0 fully saturated rings. The van der Waals surface area contributed by atoms with Crippen LogP contribution < -0.4 is 11.3 Å². The van der Waals surface area contributed by atoms with Crippen molar-refractivity contribution in [3.8, 4) is 0 Å². The molecule has 1 atom stereocenters. The summed E-state index contributed by atoms with van der Waals surface area (Å²) in [6.07, 6.45) is 0. The van der Waals surface area contributed by atoms with E-state index in [1.807, 2.05) is 11.5 Å². The molecule has 0 saturated heterocycles. The number of nitrogens with two attached hydrogens (primary N) is 1. The van der Waals surface area contributed by atoms with Crippen molar-refractivity contribution in [2.75, 3.05) is 20.5 Å². The Morgan fingerprint density at radius 3 is 2.71 bits per heavy atom. The van der Waals surface area contributed by atoms with E-state index in [4.69, 9.17) is 15.3 Å². The fraction of sp³-hybridized carbons (Fsp3) is 0.222. The van der Waals surface area contributed by atoms with Gasteiger partial charge in [-0.2, -0.15) is 10.1 Å². The Hall–Kier alpha value is -2.53. The maximum absolute atomic E-state index is 14.3. The van der Waals surface area contributed by atoms with Crippen LogP contribution in [-0.2, 0) is 14.3 Å². The average Bonchev–Trinajstić information content (AvgIpc) is 3.10. The highest BCUT2D eigenvalue weighted by Gasteiger charge is 2.49. The van der Waals surface area contributed by atoms with E-state index < -0.39 is 22.5 Å². The number of hydrazone groups is 1. The van der Waals surface area contributed by atoms with Crippen LogP contribution in [0.4, 0.5) is 13.6 Å². The molecular weight excluding hydrogens is 390 g/mol. The monoisotopic (exact) mass is 408 g/mol. The minimum absolute atomic E-state index is 0.0309. The van der Waals surface area contributed by atoms with Crippen molar-refractivity contribution in [1.29, 1.82) is 0 Å². The Kier molecular flexibility index (Phi) is 6.25. The lowest BCUT2D eigenvalue weighted by molar-refractivity contribution is -0.0532. The average molecular weight is 408 g/mol. The molecule has 2 aromatic carbocycles. The summed E-state index contributed by atoms with van der Waals surface area (Å²) in [6, 6.07) is 11.2. The number of hydrogen-bond donors (Lipinski definition) is 2. The number of nitrogens with zero attached hydrogens (tertiary/aromatic N) is 2. The van der Waals surface area contributed by atoms with Gasteiger partial charge < -0.3 is 9.47 Å². The van der Waals surface area contributed by atoms with E-state index in [1.165, 1.54) is 7.11 Å². The Labute approximate surface area is 164 Å². The van der Waals surface area contributed by atoms with Gasteiger partial charge in [0.25, 0.3) is 0 Å². The van der Waals surface area contributed by atoms with Crippen molar-refractivity contribution in [1.82, 2.24) is 10.4 Å². The van der Waals surface area contributed by atoms with Gasteiger partial charge in [-0.05, 0) is 23.8 Å². The highest BCUT2D eigenvalue weighted by Crippen LogP contribution is 2.47. The summed E-state index contributed by atoms with van der Waals surface area (Å²) in [4.78, 5) is 11.3. The number of thioether (sulfide) groups is 1. The number of carbonyl (C=O) groups is 1. The second kappa shape index (κ2) is 8.65. The van der Waals surface area contributed by atoms with E-state index in [1.54, 1.807) is 24.3 Å². The van der Waals surface area contributed by atoms with Gasteiger partial charge in [0.05, 0.1) is 6.61 Å². The molecule has 1 unspecified atom stereocenters. The third-order valence-corrected chi connectivity index (χ3v) is 5.36. The lowest BCUT2D eigenvalue weighted by atomic mass is 10.1. The lowest BCUT2D eigenvalue weighted by Crippen LogP contribution is -2.50. The highest BCUT2D eigenvalue weighted by atomic mass is 32.2. The molecule has 28 heavy (non-hydrogen) atoms. The van der Waals surface area contributed by atoms with Crippen LogP contribution in [-0.4, -0.2) is 36.6 Å². The Morgan fingerprint density at radius 2 is 2.04 bits per heavy atom. The predicted molar refractivity (Wildman–Crippen MR) is 101 cm³/mol. The smallest absolute Gasteiger partial charge is 0.353 e. The lowest BCUT2D eigenvalue weighted by Gasteiger charge is -2.34. The van der Waals surface area contributed by atoms with Gasteiger partial charge in [0, 0.05) is 12.7 Å². The molecule has 148 valence electrons. The van der Waals surface area contributed by atoms with Crippen LogP contribution in [0.25, 0.3) is 0 Å². The van der Waals surface area contributed by atoms with Crippen molar-refractivity contribution < 1.29 is 23.0 Å². The second-order valence-corrected chi connectivity index (χ2v) is 7.06. The first-order chi connectivity index (χ1) is 13.5. The number of amides is 2. The van der Waals surface area contributed by atoms with Gasteiger partial charge in [-0.3, -0.25) is 5.43 Å². The molecule has 10 heteroatoms. The largest absolute Gasteiger partial charge is 0.359 e. The number of methoxy groups -OCH3 is 1. The summed E-state index contributed by atoms with van der Waals surface area (Å²) in [7, 11) is 1.46. The molecule has 0 saturated carbocycles. The molecule has 0 radical (unpaired) electrons. The molecule has 1 aliphatic rings. The number of hydrogen-bond acceptors (Lipinski definition) is 6. The number of halogens is 2. The Balaban J connectivity index is 2.10. The zero-order chi connectivity index (χ0) is 20.1. The summed E-state index contributed by atoms with van der Waals surface area (Å²) >= 11 is 1.06. The first-order valence-electron chi connectivity index (χ1n) is 8.18. The first-order valence-corrected chi connectivity index (χ1v) is 8.99. The van der Waals surface area contributed by atoms with Crippen LogP contribution >= 0.6 is 11.8 Å². The van der Waals surface area contributed by atoms with Crippen molar-refractivity contribution in [2.24, 2.45) is 10.9 Å². The van der Waals surface area contributed by atoms with E-state index >= 15 is 0 Å². The molecule has 0 spiro atoms. The van der Waals surface area contributed by atoms with Gasteiger partial charge in [-0.15, -0.1) is 0 Å². The van der Waals surface area contributed by atoms with Crippen LogP contribution in [0.15, 0.2) is 53.6 Å². The van der Waals surface area contributed by atoms with Gasteiger partial charge in [0.15, 0.2) is 4.87 Å². The molecule has 2 aromatic rings. The minimum atomic E-state index is -1.20. The minimum Gasteiger partial charge on any atom is -0.359 e. The highest BCUT2D eigenvalue weighted by molar-refractivity contribution is 8.15. The predicted octanol–water partition coefficient (Wildman–Crippen LogP) is 2.73. The van der Waals surface area contributed by atoms with Crippen molar-refractivity contribution in [3.05, 3.63) is 71.3 Å². The summed E-state index contributed by atoms with van der Waals surface area (Å²) < 4.78 is 38.5. The van der Waals surface area contributed by atoms with Gasteiger partial charge >= 0.3 is 6.03 Å². The summed E-state index contributed by atoms with van der Waals surface area (Å²) in [6.45, 7) is -0.0657. The van der Waals surface area contributed by atoms with E-state index in [0.717, 1.165) is 35.0 Å². The molecule has 7 nitrogen and oxygen atoms in total. The van der Waals surface area contributed by atoms with Crippen LogP contribution in [0.2, 0.25) is 0 Å². The number of nitrogens with one attached hydrogen (secondary N) is 1. The van der Waals surface area contributed by atoms with Gasteiger partial charge in [-0.25, -0.2) is 19.4 Å². The molecule has 0 aliphatic carbocycles. The zero-order valence-corrected chi connectivity index (χ0v) is 15.7. The molecular formula is C18H18F2N4O3S. The topological polar surface area (TPSA) is 89.2 Å². The molecule has 1 heterocycles. The zero-order valence-electron chi connectivity index (χ0n) is 14.9. The maximum atomic E-state index is 14.3. The standard InChI is InChI=1S/C18H18F2N4O3S/c1-26-11-27-10-18(12-5-3-2-4-6-12)24(17(25)22-21)23-16(28-18)14-9-13(19)7-8-15(14)20/h2-9H,10-11,21H2,1H3,(H,22,25). The van der Waals surface area contributed by atoms with Gasteiger partial charge in [-0.1, -0.05) is 42.1 Å². The molecule has 3 rings (SSSR count). The molecule has 3 N–H and O–H groups in total. The number of urea groups is 1. The maximum Gasteiger partial charge on any atom is 0.353 e. The third-order valence-electron chi connectivity index (χ3n) is 4.00. The summed E-state index contributed by atoms with van der Waals surface area (Å²) in [5.74, 6) is 4.04. The van der Waals surface area contributed by atoms with E-state index in [2.05, 4.69) is 5.10 Å². The number of ether oxygens (including phenoxy) is 2. The van der Waals surface area contributed by atoms with Gasteiger partial charge in [0.2, 0.25) is 0 Å². The Morgan fingerprint density at radius 1 is 1.29 bits per heavy atom. The number of rotatable bonds is 6. The number of benzene rings is 2. The molecule has 2 amide bonds. The fourth-order valence-corrected chi connectivity index (χ4v) is 4.07. The van der Waals surface area contributed by atoms with Crippen LogP contribution in [0, 0.1) is 11.6 Å².